The number of ketones is 3. The van der Waals surface area contributed by atoms with E-state index in [1.807, 2.05) is 0 Å². The molecular weight excluding hydrogens is 575 g/mol. The first kappa shape index (κ1) is 29.5. The SMILES string of the molecule is CCN(C)C1C(=O)C(C(N)=O)C(=N)C2(O)C(=O)C3C(=O)c4c(O)c5c(c(OC(F)(F)F)c4CC3CC12)C1NCCC1CN5. The zero-order valence-corrected chi connectivity index (χ0v) is 23.4. The number of hydrogen-bond acceptors (Lipinski definition) is 11. The Morgan fingerprint density at radius 2 is 1.95 bits per heavy atom. The number of carbonyl (C=O) groups excluding carboxylic acids is 4. The van der Waals surface area contributed by atoms with Crippen molar-refractivity contribution in [2.45, 2.75) is 50.2 Å². The number of rotatable bonds is 4. The van der Waals surface area contributed by atoms with Crippen molar-refractivity contribution in [3.63, 3.8) is 0 Å². The number of aliphatic hydroxyl groups is 1. The molecule has 232 valence electrons. The Bertz CT molecular complexity index is 1480. The molecule has 1 amide bonds. The molecule has 1 aromatic rings. The smallest absolute Gasteiger partial charge is 0.505 e. The number of benzene rings is 1. The minimum absolute atomic E-state index is 0.0507. The highest BCUT2D eigenvalue weighted by atomic mass is 19.4. The number of carbonyl (C=O) groups is 4. The summed E-state index contributed by atoms with van der Waals surface area (Å²) in [5.41, 5.74) is 1.01. The van der Waals surface area contributed by atoms with E-state index < -0.39 is 93.7 Å². The first-order valence-corrected chi connectivity index (χ1v) is 14.2. The lowest BCUT2D eigenvalue weighted by atomic mass is 9.52. The Kier molecular flexibility index (Phi) is 6.67. The predicted octanol–water partition coefficient (Wildman–Crippen LogP) is 0.682. The second kappa shape index (κ2) is 9.72. The van der Waals surface area contributed by atoms with Crippen molar-refractivity contribution in [1.29, 1.82) is 5.41 Å². The van der Waals surface area contributed by atoms with Crippen LogP contribution in [0.1, 0.15) is 47.3 Å². The Hall–Kier alpha value is -3.56. The third-order valence-corrected chi connectivity index (χ3v) is 10.1. The van der Waals surface area contributed by atoms with E-state index in [-0.39, 0.29) is 42.1 Å². The summed E-state index contributed by atoms with van der Waals surface area (Å²) < 4.78 is 46.1. The van der Waals surface area contributed by atoms with Crippen molar-refractivity contribution in [2.75, 3.05) is 32.0 Å². The number of primary amides is 1. The summed E-state index contributed by atoms with van der Waals surface area (Å²) in [6.07, 6.45) is -5.00. The summed E-state index contributed by atoms with van der Waals surface area (Å²) in [6, 6.07) is -1.82. The number of Topliss-reactive ketones (excluding diaryl/α,β-unsaturated/α-hetero) is 3. The third-order valence-electron chi connectivity index (χ3n) is 10.1. The molecule has 0 aromatic heterocycles. The molecule has 2 aliphatic heterocycles. The first-order valence-electron chi connectivity index (χ1n) is 14.2. The number of nitrogens with two attached hydrogens (primary N) is 1. The summed E-state index contributed by atoms with van der Waals surface area (Å²) in [4.78, 5) is 55.5. The van der Waals surface area contributed by atoms with Gasteiger partial charge in [-0.1, -0.05) is 6.92 Å². The van der Waals surface area contributed by atoms with Gasteiger partial charge >= 0.3 is 6.36 Å². The first-order chi connectivity index (χ1) is 20.1. The largest absolute Gasteiger partial charge is 0.573 e. The maximum Gasteiger partial charge on any atom is 0.573 e. The number of aromatic hydroxyl groups is 1. The number of phenols is 1. The summed E-state index contributed by atoms with van der Waals surface area (Å²) >= 11 is 0. The highest BCUT2D eigenvalue weighted by Crippen LogP contribution is 2.57. The van der Waals surface area contributed by atoms with Gasteiger partial charge in [0.2, 0.25) is 5.91 Å². The van der Waals surface area contributed by atoms with E-state index in [0.717, 1.165) is 0 Å². The van der Waals surface area contributed by atoms with Crippen molar-refractivity contribution >= 4 is 34.7 Å². The lowest BCUT2D eigenvalue weighted by Crippen LogP contribution is -2.74. The topological polar surface area (TPSA) is 195 Å². The zero-order chi connectivity index (χ0) is 31.3. The van der Waals surface area contributed by atoms with E-state index in [0.29, 0.717) is 19.5 Å². The van der Waals surface area contributed by atoms with E-state index in [2.05, 4.69) is 15.4 Å². The summed E-state index contributed by atoms with van der Waals surface area (Å²) in [5, 5.41) is 37.9. The predicted molar refractivity (Wildman–Crippen MR) is 143 cm³/mol. The second-order valence-corrected chi connectivity index (χ2v) is 12.2. The van der Waals surface area contributed by atoms with E-state index in [4.69, 9.17) is 11.1 Å². The fourth-order valence-corrected chi connectivity index (χ4v) is 8.15. The number of halogens is 3. The second-order valence-electron chi connectivity index (χ2n) is 12.2. The van der Waals surface area contributed by atoms with Crippen LogP contribution in [0.4, 0.5) is 18.9 Å². The number of amides is 1. The van der Waals surface area contributed by atoms with Gasteiger partial charge in [0.05, 0.1) is 28.9 Å². The molecule has 8 unspecified atom stereocenters. The van der Waals surface area contributed by atoms with Gasteiger partial charge in [-0.3, -0.25) is 24.1 Å². The van der Waals surface area contributed by atoms with E-state index in [1.54, 1.807) is 6.92 Å². The van der Waals surface area contributed by atoms with E-state index >= 15 is 0 Å². The fraction of sp³-hybridized carbons (Fsp3) is 0.607. The summed E-state index contributed by atoms with van der Waals surface area (Å²) in [6.45, 7) is 2.79. The van der Waals surface area contributed by atoms with Crippen molar-refractivity contribution in [3.8, 4) is 11.5 Å². The maximum atomic E-state index is 14.1. The van der Waals surface area contributed by atoms with Gasteiger partial charge < -0.3 is 36.7 Å². The molecule has 8 atom stereocenters. The minimum atomic E-state index is -5.14. The molecule has 5 aliphatic rings. The molecule has 2 saturated carbocycles. The van der Waals surface area contributed by atoms with E-state index in [9.17, 15) is 42.6 Å². The number of alkyl halides is 3. The zero-order valence-electron chi connectivity index (χ0n) is 23.4. The molecule has 0 bridgehead atoms. The van der Waals surface area contributed by atoms with Crippen LogP contribution in [-0.4, -0.2) is 88.8 Å². The standard InChI is InChI=1S/C28H32F3N5O7/c1-3-36(2)19-12-7-10-6-11-14(20(37)13(10)25(40)27(12,42)24(32)16(22(19)39)26(33)41)21(38)18-15(23(11)43-28(29,30)31)17-9(8-35-18)4-5-34-17/h9-10,12-13,16-17,19,32,34-35,38,42H,3-8H2,1-2H3,(H2,33,41). The molecule has 3 aliphatic carbocycles. The molecule has 43 heavy (non-hydrogen) atoms. The van der Waals surface area contributed by atoms with Crippen LogP contribution in [0, 0.1) is 35.0 Å². The molecular formula is C28H32F3N5O7. The number of hydrogen-bond donors (Lipinski definition) is 6. The van der Waals surface area contributed by atoms with Gasteiger partial charge in [0.1, 0.15) is 17.4 Å². The van der Waals surface area contributed by atoms with Gasteiger partial charge in [0.15, 0.2) is 23.0 Å². The van der Waals surface area contributed by atoms with Crippen LogP contribution >= 0.6 is 0 Å². The molecule has 1 aromatic carbocycles. The number of phenolic OH excluding ortho intramolecular Hbond substituents is 1. The molecule has 3 fully saturated rings. The molecule has 15 heteroatoms. The van der Waals surface area contributed by atoms with Gasteiger partial charge in [-0.25, -0.2) is 0 Å². The number of nitrogens with zero attached hydrogens (tertiary/aromatic N) is 1. The Balaban J connectivity index is 1.53. The van der Waals surface area contributed by atoms with Crippen molar-refractivity contribution in [2.24, 2.45) is 35.3 Å². The Morgan fingerprint density at radius 3 is 2.58 bits per heavy atom. The van der Waals surface area contributed by atoms with Crippen LogP contribution in [0.25, 0.3) is 0 Å². The number of ether oxygens (including phenoxy) is 1. The lowest BCUT2D eigenvalue weighted by molar-refractivity contribution is -0.275. The van der Waals surface area contributed by atoms with Crippen molar-refractivity contribution in [3.05, 3.63) is 16.7 Å². The maximum absolute atomic E-state index is 14.1. The van der Waals surface area contributed by atoms with Crippen LogP contribution in [0.5, 0.6) is 11.5 Å². The van der Waals surface area contributed by atoms with Gasteiger partial charge in [0, 0.05) is 29.6 Å². The highest BCUT2D eigenvalue weighted by Gasteiger charge is 2.68. The molecule has 6 rings (SSSR count). The van der Waals surface area contributed by atoms with Crippen LogP contribution in [-0.2, 0) is 20.8 Å². The summed E-state index contributed by atoms with van der Waals surface area (Å²) in [7, 11) is 1.53. The highest BCUT2D eigenvalue weighted by molar-refractivity contribution is 6.33. The van der Waals surface area contributed by atoms with Gasteiger partial charge in [-0.05, 0) is 51.2 Å². The Morgan fingerprint density at radius 1 is 1.26 bits per heavy atom. The van der Waals surface area contributed by atoms with Gasteiger partial charge in [-0.2, -0.15) is 0 Å². The van der Waals surface area contributed by atoms with E-state index in [1.165, 1.54) is 11.9 Å². The fourth-order valence-electron chi connectivity index (χ4n) is 8.15. The van der Waals surface area contributed by atoms with Crippen LogP contribution in [0.2, 0.25) is 0 Å². The molecule has 2 heterocycles. The molecule has 12 nitrogen and oxygen atoms in total. The molecule has 1 saturated heterocycles. The Labute approximate surface area is 243 Å². The monoisotopic (exact) mass is 607 g/mol. The molecule has 0 radical (unpaired) electrons. The number of anilines is 1. The van der Waals surface area contributed by atoms with Crippen molar-refractivity contribution in [1.82, 2.24) is 10.2 Å². The van der Waals surface area contributed by atoms with Crippen molar-refractivity contribution < 1.29 is 47.3 Å². The number of fused-ring (bicyclic) bond motifs is 6. The average Bonchev–Trinajstić information content (AvgIpc) is 3.41. The average molecular weight is 608 g/mol. The molecule has 7 N–H and O–H groups in total. The van der Waals surface area contributed by atoms with Gasteiger partial charge in [-0.15, -0.1) is 13.2 Å². The number of likely N-dealkylation sites (N-methyl/N-ethyl adjacent to an activating group) is 1. The van der Waals surface area contributed by atoms with Crippen LogP contribution in [0.3, 0.4) is 0 Å². The number of nitrogens with one attached hydrogen (secondary N) is 3. The van der Waals surface area contributed by atoms with Crippen LogP contribution in [0.15, 0.2) is 0 Å². The minimum Gasteiger partial charge on any atom is -0.505 e. The third kappa shape index (κ3) is 4.04. The summed E-state index contributed by atoms with van der Waals surface area (Å²) in [5.74, 6) is -11.4. The van der Waals surface area contributed by atoms with Crippen LogP contribution < -0.4 is 21.1 Å². The van der Waals surface area contributed by atoms with Gasteiger partial charge in [0.25, 0.3) is 0 Å². The quantitative estimate of drug-likeness (QED) is 0.209. The lowest BCUT2D eigenvalue weighted by Gasteiger charge is -2.54. The molecule has 0 spiro atoms. The normalized spacial score (nSPS) is 35.0.